The van der Waals surface area contributed by atoms with Crippen LogP contribution >= 0.6 is 0 Å². The molecule has 0 atom stereocenters. The van der Waals surface area contributed by atoms with E-state index in [2.05, 4.69) is 0 Å². The Balaban J connectivity index is 0. The summed E-state index contributed by atoms with van der Waals surface area (Å²) in [7, 11) is -5.67. The lowest BCUT2D eigenvalue weighted by Crippen LogP contribution is -1.95. The van der Waals surface area contributed by atoms with E-state index in [1.54, 1.807) is 0 Å². The third kappa shape index (κ3) is 2070. The lowest BCUT2D eigenvalue weighted by molar-refractivity contribution is -0.110. The highest BCUT2D eigenvalue weighted by molar-refractivity contribution is 7.81. The molecule has 2 nitrogen and oxygen atoms in total. The van der Waals surface area contributed by atoms with Gasteiger partial charge in [-0.3, -0.25) is 0 Å². The fourth-order valence-electron chi connectivity index (χ4n) is 0. The maximum Gasteiger partial charge on any atom is 0.476 e. The molecular weight excluding hydrogens is 183 g/mol. The summed E-state index contributed by atoms with van der Waals surface area (Å²) in [4.78, 5) is 0. The Kier molecular flexibility index (Phi) is 4.54. The molecule has 0 saturated carbocycles. The number of hydrogen-bond acceptors (Lipinski definition) is 2. The van der Waals surface area contributed by atoms with Gasteiger partial charge in [-0.05, 0) is 0 Å². The molecule has 0 unspecified atom stereocenters. The maximum absolute atomic E-state index is 10.4. The van der Waals surface area contributed by atoms with Crippen molar-refractivity contribution in [2.24, 2.45) is 0 Å². The maximum atomic E-state index is 10.4. The topological polar surface area (TPSA) is 34.1 Å². The van der Waals surface area contributed by atoms with Crippen molar-refractivity contribution < 1.29 is 29.4 Å². The second-order valence-corrected chi connectivity index (χ2v) is 1.92. The van der Waals surface area contributed by atoms with Gasteiger partial charge in [0.05, 0.1) is 0 Å². The predicted molar refractivity (Wildman–Crippen MR) is 22.9 cm³/mol. The monoisotopic (exact) mass is 186 g/mol. The highest BCUT2D eigenvalue weighted by Gasteiger charge is 2.15. The molecule has 0 spiro atoms. The molecule has 0 aromatic rings. The SMILES string of the molecule is CC(F)(F)F.O=S(=O)(F)F. The lowest BCUT2D eigenvalue weighted by atomic mass is 10.8. The van der Waals surface area contributed by atoms with Gasteiger partial charge in [0.2, 0.25) is 0 Å². The minimum Gasteiger partial charge on any atom is -0.172 e. The van der Waals surface area contributed by atoms with E-state index in [4.69, 9.17) is 8.42 Å². The van der Waals surface area contributed by atoms with Crippen LogP contribution in [0.1, 0.15) is 6.92 Å². The Hall–Kier alpha value is -0.400. The van der Waals surface area contributed by atoms with Crippen molar-refractivity contribution >= 4 is 10.6 Å². The van der Waals surface area contributed by atoms with E-state index < -0.39 is 16.8 Å². The Morgan fingerprint density at radius 1 is 1.10 bits per heavy atom. The van der Waals surface area contributed by atoms with Crippen LogP contribution in [0.4, 0.5) is 20.9 Å². The fraction of sp³-hybridized carbons (Fsp3) is 1.00. The van der Waals surface area contributed by atoms with Gasteiger partial charge >= 0.3 is 16.8 Å². The van der Waals surface area contributed by atoms with Crippen LogP contribution in [-0.4, -0.2) is 14.6 Å². The first-order chi connectivity index (χ1) is 4.00. The normalized spacial score (nSPS) is 11.8. The standard InChI is InChI=1S/C2H3F3.F2O2S/c1-2(3,4)5;1-5(2,3)4/h1H3;. The minimum absolute atomic E-state index is 0.188. The highest BCUT2D eigenvalue weighted by Crippen LogP contribution is 2.10. The van der Waals surface area contributed by atoms with Crippen LogP contribution in [0, 0.1) is 0 Å². The van der Waals surface area contributed by atoms with E-state index in [-0.39, 0.29) is 6.92 Å². The predicted octanol–water partition coefficient (Wildman–Crippen LogP) is 1.74. The second-order valence-electron chi connectivity index (χ2n) is 1.16. The average molecular weight is 186 g/mol. The van der Waals surface area contributed by atoms with Crippen molar-refractivity contribution in [3.05, 3.63) is 0 Å². The summed E-state index contributed by atoms with van der Waals surface area (Å²) in [5.74, 6) is 0. The van der Waals surface area contributed by atoms with E-state index in [0.29, 0.717) is 0 Å². The van der Waals surface area contributed by atoms with Crippen LogP contribution in [0.3, 0.4) is 0 Å². The molecular formula is C2H3F5O2S. The molecule has 0 N–H and O–H groups in total. The molecule has 0 heterocycles. The van der Waals surface area contributed by atoms with Gasteiger partial charge in [0.25, 0.3) is 0 Å². The number of alkyl halides is 3. The molecule has 0 bridgehead atoms. The zero-order valence-electron chi connectivity index (χ0n) is 4.61. The minimum atomic E-state index is -5.67. The van der Waals surface area contributed by atoms with Gasteiger partial charge in [-0.25, -0.2) is 0 Å². The summed E-state index contributed by atoms with van der Waals surface area (Å²) in [5.41, 5.74) is 0. The van der Waals surface area contributed by atoms with Crippen molar-refractivity contribution in [2.75, 3.05) is 0 Å². The van der Waals surface area contributed by atoms with Crippen molar-refractivity contribution in [3.8, 4) is 0 Å². The molecule has 0 amide bonds. The van der Waals surface area contributed by atoms with Gasteiger partial charge in [-0.2, -0.15) is 21.6 Å². The van der Waals surface area contributed by atoms with E-state index in [9.17, 15) is 20.9 Å². The molecule has 0 aliphatic heterocycles. The summed E-state index contributed by atoms with van der Waals surface area (Å²) in [6.07, 6.45) is -4.00. The smallest absolute Gasteiger partial charge is 0.172 e. The van der Waals surface area contributed by atoms with Crippen LogP contribution in [0.2, 0.25) is 0 Å². The average Bonchev–Trinajstić information content (AvgIpc) is 1.12. The van der Waals surface area contributed by atoms with E-state index in [1.807, 2.05) is 0 Å². The Bertz CT molecular complexity index is 153. The largest absolute Gasteiger partial charge is 0.476 e. The van der Waals surface area contributed by atoms with Gasteiger partial charge in [-0.1, -0.05) is 7.77 Å². The third-order valence-corrected chi connectivity index (χ3v) is 0. The Morgan fingerprint density at radius 3 is 1.10 bits per heavy atom. The molecule has 0 aromatic carbocycles. The Morgan fingerprint density at radius 2 is 1.10 bits per heavy atom. The number of rotatable bonds is 0. The van der Waals surface area contributed by atoms with Crippen molar-refractivity contribution in [1.82, 2.24) is 0 Å². The zero-order chi connectivity index (χ0) is 9.00. The van der Waals surface area contributed by atoms with Crippen LogP contribution in [0.25, 0.3) is 0 Å². The van der Waals surface area contributed by atoms with E-state index in [0.717, 1.165) is 0 Å². The van der Waals surface area contributed by atoms with Gasteiger partial charge in [0, 0.05) is 6.92 Å². The third-order valence-electron chi connectivity index (χ3n) is 0. The molecule has 0 aliphatic rings. The van der Waals surface area contributed by atoms with Crippen LogP contribution < -0.4 is 0 Å². The van der Waals surface area contributed by atoms with Crippen molar-refractivity contribution in [1.29, 1.82) is 0 Å². The van der Waals surface area contributed by atoms with E-state index in [1.165, 1.54) is 0 Å². The van der Waals surface area contributed by atoms with Crippen LogP contribution in [-0.2, 0) is 10.6 Å². The molecule has 0 aliphatic carbocycles. The van der Waals surface area contributed by atoms with Crippen LogP contribution in [0.5, 0.6) is 0 Å². The molecule has 0 rings (SSSR count). The van der Waals surface area contributed by atoms with Crippen molar-refractivity contribution in [3.63, 3.8) is 0 Å². The summed E-state index contributed by atoms with van der Waals surface area (Å²) >= 11 is 0. The molecule has 64 valence electrons. The zero-order valence-corrected chi connectivity index (χ0v) is 5.43. The summed E-state index contributed by atoms with van der Waals surface area (Å²) in [6, 6.07) is 0. The summed E-state index contributed by atoms with van der Waals surface area (Å²) < 4.78 is 67.6. The van der Waals surface area contributed by atoms with E-state index >= 15 is 0 Å². The number of hydrogen-bond donors (Lipinski definition) is 0. The summed E-state index contributed by atoms with van der Waals surface area (Å²) in [5, 5.41) is 0. The molecule has 0 radical (unpaired) electrons. The molecule has 10 heavy (non-hydrogen) atoms. The first-order valence-electron chi connectivity index (χ1n) is 1.71. The van der Waals surface area contributed by atoms with Gasteiger partial charge in [0.1, 0.15) is 0 Å². The molecule has 0 fully saturated rings. The second kappa shape index (κ2) is 3.69. The molecule has 0 saturated heterocycles. The van der Waals surface area contributed by atoms with Crippen LogP contribution in [0.15, 0.2) is 0 Å². The Labute approximate surface area is 54.2 Å². The van der Waals surface area contributed by atoms with Gasteiger partial charge < -0.3 is 0 Å². The molecule has 0 aromatic heterocycles. The molecule has 8 heteroatoms. The quantitative estimate of drug-likeness (QED) is 0.426. The van der Waals surface area contributed by atoms with Gasteiger partial charge in [0.15, 0.2) is 0 Å². The highest BCUT2D eigenvalue weighted by atomic mass is 32.3. The van der Waals surface area contributed by atoms with Crippen molar-refractivity contribution in [2.45, 2.75) is 13.1 Å². The fourth-order valence-corrected chi connectivity index (χ4v) is 0. The first-order valence-corrected chi connectivity index (χ1v) is 2.99. The first kappa shape index (κ1) is 12.3. The number of halogens is 5. The summed E-state index contributed by atoms with van der Waals surface area (Å²) in [6.45, 7) is 0.188. The lowest BCUT2D eigenvalue weighted by Gasteiger charge is -1.88. The van der Waals surface area contributed by atoms with Gasteiger partial charge in [-0.15, -0.1) is 0 Å².